The maximum absolute atomic E-state index is 13.7. The predicted octanol–water partition coefficient (Wildman–Crippen LogP) is -1.67. The van der Waals surface area contributed by atoms with Crippen molar-refractivity contribution >= 4 is 11.9 Å². The Hall–Kier alpha value is -2.31. The van der Waals surface area contributed by atoms with Crippen molar-refractivity contribution in [3.05, 3.63) is 22.7 Å². The van der Waals surface area contributed by atoms with Gasteiger partial charge < -0.3 is 31.5 Å². The first-order valence-corrected chi connectivity index (χ1v) is 5.76. The molecule has 12 heteroatoms. The van der Waals surface area contributed by atoms with Gasteiger partial charge in [0.2, 0.25) is 6.23 Å². The lowest BCUT2D eigenvalue weighted by atomic mass is 10.1. The molecule has 0 aromatic carbocycles. The van der Waals surface area contributed by atoms with Gasteiger partial charge in [0, 0.05) is 6.20 Å². The van der Waals surface area contributed by atoms with E-state index in [4.69, 9.17) is 25.5 Å². The molecule has 1 aliphatic heterocycles. The first kappa shape index (κ1) is 17.7. The molecule has 1 aromatic rings. The zero-order valence-electron chi connectivity index (χ0n) is 11.0. The van der Waals surface area contributed by atoms with E-state index in [1.807, 2.05) is 0 Å². The number of amides is 1. The van der Waals surface area contributed by atoms with Crippen LogP contribution < -0.4 is 17.2 Å². The minimum atomic E-state index is -3.71. The number of aromatic nitrogens is 2. The third-order valence-electron chi connectivity index (χ3n) is 2.66. The Kier molecular flexibility index (Phi) is 5.35. The second-order valence-corrected chi connectivity index (χ2v) is 4.21. The smallest absolute Gasteiger partial charge is 0.402 e. The summed E-state index contributed by atoms with van der Waals surface area (Å²) in [4.78, 5) is 23.5. The molecule has 2 rings (SSSR count). The standard InChI is InChI=1S/C9H11F2N3O4.CH3NO2/c10-9(11)6(16)4(3-15)18-7(9)14-2-1-5(12)13-8(14)17;2-1(3)4/h1-2,4,6-7,15-16H,3H2,(H2,12,13,17);2H2,(H,3,4)/t4-,6-,7-;/m1./s1. The van der Waals surface area contributed by atoms with Crippen molar-refractivity contribution in [2.24, 2.45) is 5.73 Å². The molecule has 1 amide bonds. The minimum absolute atomic E-state index is 0.114. The normalized spacial score (nSPS) is 26.1. The summed E-state index contributed by atoms with van der Waals surface area (Å²) >= 11 is 0. The van der Waals surface area contributed by atoms with Gasteiger partial charge in [-0.1, -0.05) is 0 Å². The molecule has 0 saturated carbocycles. The molecule has 2 heterocycles. The molecule has 1 saturated heterocycles. The van der Waals surface area contributed by atoms with Gasteiger partial charge in [-0.2, -0.15) is 13.8 Å². The second kappa shape index (κ2) is 6.64. The molecule has 1 aromatic heterocycles. The summed E-state index contributed by atoms with van der Waals surface area (Å²) in [6, 6.07) is 1.15. The third kappa shape index (κ3) is 3.66. The molecule has 10 nitrogen and oxygen atoms in total. The maximum Gasteiger partial charge on any atom is 0.402 e. The van der Waals surface area contributed by atoms with Crippen LogP contribution in [0.2, 0.25) is 0 Å². The van der Waals surface area contributed by atoms with Crippen molar-refractivity contribution in [1.82, 2.24) is 9.55 Å². The average molecular weight is 324 g/mol. The van der Waals surface area contributed by atoms with E-state index in [1.165, 1.54) is 0 Å². The number of carbonyl (C=O) groups is 1. The van der Waals surface area contributed by atoms with E-state index in [0.717, 1.165) is 12.3 Å². The molecule has 0 aliphatic carbocycles. The van der Waals surface area contributed by atoms with Crippen LogP contribution in [-0.4, -0.2) is 55.7 Å². The topological polar surface area (TPSA) is 174 Å². The summed E-state index contributed by atoms with van der Waals surface area (Å²) in [6.07, 6.45) is -6.02. The van der Waals surface area contributed by atoms with Crippen molar-refractivity contribution in [1.29, 1.82) is 0 Å². The predicted molar refractivity (Wildman–Crippen MR) is 67.1 cm³/mol. The molecule has 124 valence electrons. The van der Waals surface area contributed by atoms with Crippen LogP contribution in [0, 0.1) is 0 Å². The molecule has 7 N–H and O–H groups in total. The number of alkyl halides is 2. The highest BCUT2D eigenvalue weighted by Gasteiger charge is 2.59. The van der Waals surface area contributed by atoms with E-state index in [1.54, 1.807) is 0 Å². The van der Waals surface area contributed by atoms with Crippen LogP contribution >= 0.6 is 0 Å². The number of anilines is 1. The number of carboxylic acid groups (broad SMARTS) is 1. The number of aliphatic hydroxyl groups is 2. The molecule has 1 fully saturated rings. The molecule has 0 radical (unpaired) electrons. The van der Waals surface area contributed by atoms with Gasteiger partial charge in [-0.05, 0) is 6.07 Å². The fraction of sp³-hybridized carbons (Fsp3) is 0.500. The number of nitrogen functional groups attached to an aromatic ring is 1. The minimum Gasteiger partial charge on any atom is -0.465 e. The Morgan fingerprint density at radius 2 is 2.09 bits per heavy atom. The zero-order chi connectivity index (χ0) is 17.1. The van der Waals surface area contributed by atoms with Crippen LogP contribution in [0.5, 0.6) is 0 Å². The number of aliphatic hydroxyl groups excluding tert-OH is 2. The van der Waals surface area contributed by atoms with Gasteiger partial charge in [-0.15, -0.1) is 0 Å². The van der Waals surface area contributed by atoms with Gasteiger partial charge in [0.05, 0.1) is 6.61 Å². The number of rotatable bonds is 2. The molecule has 1 aliphatic rings. The summed E-state index contributed by atoms with van der Waals surface area (Å²) in [5, 5.41) is 25.3. The van der Waals surface area contributed by atoms with Crippen molar-refractivity contribution < 1.29 is 33.6 Å². The van der Waals surface area contributed by atoms with Crippen LogP contribution in [0.3, 0.4) is 0 Å². The van der Waals surface area contributed by atoms with Crippen molar-refractivity contribution in [2.45, 2.75) is 24.4 Å². The van der Waals surface area contributed by atoms with E-state index in [-0.39, 0.29) is 5.82 Å². The molecular formula is C10H14F2N4O6. The maximum atomic E-state index is 13.7. The Balaban J connectivity index is 0.000000541. The first-order valence-electron chi connectivity index (χ1n) is 5.76. The molecular weight excluding hydrogens is 310 g/mol. The van der Waals surface area contributed by atoms with Crippen LogP contribution in [0.15, 0.2) is 17.1 Å². The summed E-state index contributed by atoms with van der Waals surface area (Å²) in [5.74, 6) is -3.83. The molecule has 22 heavy (non-hydrogen) atoms. The summed E-state index contributed by atoms with van der Waals surface area (Å²) < 4.78 is 32.7. The van der Waals surface area contributed by atoms with E-state index in [2.05, 4.69) is 10.7 Å². The average Bonchev–Trinajstić information content (AvgIpc) is 2.61. The van der Waals surface area contributed by atoms with Gasteiger partial charge in [0.1, 0.15) is 11.9 Å². The van der Waals surface area contributed by atoms with Crippen LogP contribution in [0.1, 0.15) is 6.23 Å². The molecule has 0 bridgehead atoms. The van der Waals surface area contributed by atoms with Crippen LogP contribution in [0.25, 0.3) is 0 Å². The summed E-state index contributed by atoms with van der Waals surface area (Å²) in [6.45, 7) is -0.787. The Morgan fingerprint density at radius 1 is 1.55 bits per heavy atom. The van der Waals surface area contributed by atoms with Crippen molar-refractivity contribution in [2.75, 3.05) is 12.3 Å². The Labute approximate surface area is 121 Å². The van der Waals surface area contributed by atoms with Gasteiger partial charge in [-0.25, -0.2) is 9.59 Å². The second-order valence-electron chi connectivity index (χ2n) is 4.21. The highest BCUT2D eigenvalue weighted by Crippen LogP contribution is 2.41. The molecule has 0 spiro atoms. The number of hydrogen-bond acceptors (Lipinski definition) is 7. The van der Waals surface area contributed by atoms with Crippen LogP contribution in [-0.2, 0) is 4.74 Å². The number of hydrogen-bond donors (Lipinski definition) is 5. The fourth-order valence-electron chi connectivity index (χ4n) is 1.72. The lowest BCUT2D eigenvalue weighted by molar-refractivity contribution is -0.140. The van der Waals surface area contributed by atoms with Crippen molar-refractivity contribution in [3.63, 3.8) is 0 Å². The quantitative estimate of drug-likeness (QED) is 0.429. The van der Waals surface area contributed by atoms with Gasteiger partial charge >= 0.3 is 17.7 Å². The van der Waals surface area contributed by atoms with E-state index < -0.39 is 42.7 Å². The summed E-state index contributed by atoms with van der Waals surface area (Å²) in [7, 11) is 0. The first-order chi connectivity index (χ1) is 10.1. The van der Waals surface area contributed by atoms with E-state index in [9.17, 15) is 18.7 Å². The Morgan fingerprint density at radius 3 is 2.50 bits per heavy atom. The fourth-order valence-corrected chi connectivity index (χ4v) is 1.72. The summed E-state index contributed by atoms with van der Waals surface area (Å²) in [5.41, 5.74) is 8.24. The number of ether oxygens (including phenoxy) is 1. The third-order valence-corrected chi connectivity index (χ3v) is 2.66. The van der Waals surface area contributed by atoms with Crippen molar-refractivity contribution in [3.8, 4) is 0 Å². The van der Waals surface area contributed by atoms with Gasteiger partial charge in [-0.3, -0.25) is 4.57 Å². The van der Waals surface area contributed by atoms with E-state index >= 15 is 0 Å². The lowest BCUT2D eigenvalue weighted by Crippen LogP contribution is -2.41. The molecule has 3 atom stereocenters. The Bertz CT molecular complexity index is 591. The monoisotopic (exact) mass is 324 g/mol. The lowest BCUT2D eigenvalue weighted by Gasteiger charge is -2.20. The zero-order valence-corrected chi connectivity index (χ0v) is 11.0. The number of nitrogens with two attached hydrogens (primary N) is 2. The SMILES string of the molecule is NC(=O)O.Nc1ccn([C@@H]2O[C@H](CO)[C@@H](O)C2(F)F)c(=O)n1. The van der Waals surface area contributed by atoms with Gasteiger partial charge in [0.25, 0.3) is 0 Å². The molecule has 0 unspecified atom stereocenters. The number of nitrogens with zero attached hydrogens (tertiary/aromatic N) is 2. The van der Waals surface area contributed by atoms with Gasteiger partial charge in [0.15, 0.2) is 6.10 Å². The highest BCUT2D eigenvalue weighted by atomic mass is 19.3. The van der Waals surface area contributed by atoms with Crippen LogP contribution in [0.4, 0.5) is 19.4 Å². The largest absolute Gasteiger partial charge is 0.465 e. The number of primary amides is 1. The number of halogens is 2. The highest BCUT2D eigenvalue weighted by molar-refractivity contribution is 5.61. The van der Waals surface area contributed by atoms with E-state index in [0.29, 0.717) is 4.57 Å².